The second kappa shape index (κ2) is 13.8. The summed E-state index contributed by atoms with van der Waals surface area (Å²) >= 11 is 6.35. The maximum Gasteiger partial charge on any atom is 0.264 e. The summed E-state index contributed by atoms with van der Waals surface area (Å²) in [5, 5.41) is 3.27. The van der Waals surface area contributed by atoms with Crippen molar-refractivity contribution >= 4 is 39.1 Å². The summed E-state index contributed by atoms with van der Waals surface area (Å²) < 4.78 is 42.4. The molecule has 0 aromatic heterocycles. The van der Waals surface area contributed by atoms with Crippen molar-refractivity contribution in [3.05, 3.63) is 94.8 Å². The van der Waals surface area contributed by atoms with Crippen LogP contribution in [0.1, 0.15) is 44.7 Å². The largest absolute Gasteiger partial charge is 0.352 e. The van der Waals surface area contributed by atoms with E-state index in [0.717, 1.165) is 4.31 Å². The van der Waals surface area contributed by atoms with Gasteiger partial charge in [0.05, 0.1) is 10.6 Å². The second-order valence-corrected chi connectivity index (χ2v) is 11.9. The fourth-order valence-corrected chi connectivity index (χ4v) is 5.91. The molecule has 2 unspecified atom stereocenters. The molecule has 0 bridgehead atoms. The molecule has 2 atom stereocenters. The second-order valence-electron chi connectivity index (χ2n) is 9.60. The Labute approximate surface area is 241 Å². The van der Waals surface area contributed by atoms with E-state index in [1.54, 1.807) is 50.2 Å². The van der Waals surface area contributed by atoms with Crippen molar-refractivity contribution in [2.24, 2.45) is 0 Å². The van der Waals surface area contributed by atoms with E-state index in [1.165, 1.54) is 41.3 Å². The number of halogens is 2. The van der Waals surface area contributed by atoms with Crippen LogP contribution >= 0.6 is 11.6 Å². The fraction of sp³-hybridized carbons (Fsp3) is 0.333. The number of hydrogen-bond acceptors (Lipinski definition) is 4. The van der Waals surface area contributed by atoms with Crippen LogP contribution in [-0.4, -0.2) is 43.8 Å². The number of hydrogen-bond donors (Lipinski definition) is 1. The average molecular weight is 588 g/mol. The Morgan fingerprint density at radius 2 is 1.60 bits per heavy atom. The van der Waals surface area contributed by atoms with Crippen molar-refractivity contribution in [3.8, 4) is 0 Å². The molecule has 0 heterocycles. The molecule has 0 aliphatic rings. The zero-order chi connectivity index (χ0) is 29.4. The number of benzene rings is 3. The highest BCUT2D eigenvalue weighted by atomic mass is 35.5. The van der Waals surface area contributed by atoms with Gasteiger partial charge in [0.2, 0.25) is 11.8 Å². The lowest BCUT2D eigenvalue weighted by atomic mass is 10.1. The lowest BCUT2D eigenvalue weighted by Crippen LogP contribution is -2.53. The van der Waals surface area contributed by atoms with Crippen molar-refractivity contribution in [1.82, 2.24) is 10.2 Å². The Kier molecular flexibility index (Phi) is 10.7. The third-order valence-corrected chi connectivity index (χ3v) is 8.95. The third kappa shape index (κ3) is 7.40. The van der Waals surface area contributed by atoms with Crippen molar-refractivity contribution in [1.29, 1.82) is 0 Å². The van der Waals surface area contributed by atoms with E-state index in [-0.39, 0.29) is 35.5 Å². The zero-order valence-corrected chi connectivity index (χ0v) is 24.7. The first-order chi connectivity index (χ1) is 19.0. The van der Waals surface area contributed by atoms with Gasteiger partial charge in [0, 0.05) is 17.6 Å². The Bertz CT molecular complexity index is 1420. The molecular formula is C30H35ClFN3O4S. The molecule has 10 heteroatoms. The molecule has 0 aliphatic heterocycles. The van der Waals surface area contributed by atoms with Crippen molar-refractivity contribution in [2.75, 3.05) is 10.8 Å². The van der Waals surface area contributed by atoms with E-state index >= 15 is 0 Å². The SMILES string of the molecule is CCC(C)NC(=O)C(CC)N(Cc1ccc(F)cc1)C(=O)CN(c1cccc(Cl)c1C)S(=O)(=O)c1ccccc1. The van der Waals surface area contributed by atoms with Crippen LogP contribution in [-0.2, 0) is 26.2 Å². The van der Waals surface area contributed by atoms with E-state index in [4.69, 9.17) is 11.6 Å². The number of amides is 2. The zero-order valence-electron chi connectivity index (χ0n) is 23.1. The Morgan fingerprint density at radius 3 is 2.20 bits per heavy atom. The number of carbonyl (C=O) groups is 2. The molecule has 214 valence electrons. The van der Waals surface area contributed by atoms with Gasteiger partial charge in [0.15, 0.2) is 0 Å². The van der Waals surface area contributed by atoms with Gasteiger partial charge in [-0.1, -0.05) is 61.8 Å². The van der Waals surface area contributed by atoms with Gasteiger partial charge in [-0.25, -0.2) is 12.8 Å². The summed E-state index contributed by atoms with van der Waals surface area (Å²) in [5.41, 5.74) is 1.34. The molecule has 3 aromatic rings. The first kappa shape index (κ1) is 31.1. The number of anilines is 1. The first-order valence-electron chi connectivity index (χ1n) is 13.2. The standard InChI is InChI=1S/C30H35ClFN3O4S/c1-5-21(3)33-30(37)27(6-2)34(19-23-15-17-24(32)18-16-23)29(36)20-35(28-14-10-13-26(31)22(28)4)40(38,39)25-11-8-7-9-12-25/h7-18,21,27H,5-6,19-20H2,1-4H3,(H,33,37). The summed E-state index contributed by atoms with van der Waals surface area (Å²) in [6, 6.07) is 17.3. The Hall–Kier alpha value is -3.43. The van der Waals surface area contributed by atoms with Crippen molar-refractivity contribution in [2.45, 2.75) is 64.1 Å². The molecule has 3 aromatic carbocycles. The number of nitrogens with zero attached hydrogens (tertiary/aromatic N) is 2. The maximum atomic E-state index is 14.1. The van der Waals surface area contributed by atoms with Crippen LogP contribution in [0.5, 0.6) is 0 Å². The smallest absolute Gasteiger partial charge is 0.264 e. The summed E-state index contributed by atoms with van der Waals surface area (Å²) in [6.07, 6.45) is 0.988. The fourth-order valence-electron chi connectivity index (χ4n) is 4.25. The predicted octanol–water partition coefficient (Wildman–Crippen LogP) is 5.70. The molecular weight excluding hydrogens is 553 g/mol. The van der Waals surface area contributed by atoms with Crippen LogP contribution < -0.4 is 9.62 Å². The summed E-state index contributed by atoms with van der Waals surface area (Å²) in [4.78, 5) is 28.7. The van der Waals surface area contributed by atoms with Gasteiger partial charge in [0.25, 0.3) is 10.0 Å². The highest BCUT2D eigenvalue weighted by Gasteiger charge is 2.34. The van der Waals surface area contributed by atoms with Crippen molar-refractivity contribution < 1.29 is 22.4 Å². The van der Waals surface area contributed by atoms with Crippen LogP contribution in [0, 0.1) is 12.7 Å². The minimum absolute atomic E-state index is 0.00816. The van der Waals surface area contributed by atoms with E-state index < -0.39 is 34.3 Å². The molecule has 0 saturated carbocycles. The number of carbonyl (C=O) groups excluding carboxylic acids is 2. The number of sulfonamides is 1. The van der Waals surface area contributed by atoms with E-state index in [9.17, 15) is 22.4 Å². The summed E-state index contributed by atoms with van der Waals surface area (Å²) in [5.74, 6) is -1.36. The topological polar surface area (TPSA) is 86.8 Å². The monoisotopic (exact) mass is 587 g/mol. The number of nitrogens with one attached hydrogen (secondary N) is 1. The molecule has 0 saturated heterocycles. The van der Waals surface area contributed by atoms with Crippen LogP contribution in [0.4, 0.5) is 10.1 Å². The molecule has 7 nitrogen and oxygen atoms in total. The first-order valence-corrected chi connectivity index (χ1v) is 15.0. The molecule has 40 heavy (non-hydrogen) atoms. The van der Waals surface area contributed by atoms with Crippen LogP contribution in [0.15, 0.2) is 77.7 Å². The molecule has 0 spiro atoms. The van der Waals surface area contributed by atoms with Gasteiger partial charge >= 0.3 is 0 Å². The van der Waals surface area contributed by atoms with Gasteiger partial charge in [-0.15, -0.1) is 0 Å². The molecule has 0 fully saturated rings. The van der Waals surface area contributed by atoms with Gasteiger partial charge in [-0.2, -0.15) is 0 Å². The molecule has 0 radical (unpaired) electrons. The minimum Gasteiger partial charge on any atom is -0.352 e. The van der Waals surface area contributed by atoms with Gasteiger partial charge in [-0.3, -0.25) is 13.9 Å². The van der Waals surface area contributed by atoms with Gasteiger partial charge in [0.1, 0.15) is 18.4 Å². The molecule has 0 aliphatic carbocycles. The van der Waals surface area contributed by atoms with E-state index in [2.05, 4.69) is 5.32 Å². The maximum absolute atomic E-state index is 14.1. The van der Waals surface area contributed by atoms with Gasteiger partial charge < -0.3 is 10.2 Å². The Morgan fingerprint density at radius 1 is 0.950 bits per heavy atom. The normalized spacial score (nSPS) is 12.8. The lowest BCUT2D eigenvalue weighted by molar-refractivity contribution is -0.140. The van der Waals surface area contributed by atoms with E-state index in [1.807, 2.05) is 13.8 Å². The van der Waals surface area contributed by atoms with Gasteiger partial charge in [-0.05, 0) is 74.2 Å². The quantitative estimate of drug-likeness (QED) is 0.294. The Balaban J connectivity index is 2.08. The highest BCUT2D eigenvalue weighted by molar-refractivity contribution is 7.92. The van der Waals surface area contributed by atoms with Crippen LogP contribution in [0.3, 0.4) is 0 Å². The highest BCUT2D eigenvalue weighted by Crippen LogP contribution is 2.31. The van der Waals surface area contributed by atoms with Crippen LogP contribution in [0.25, 0.3) is 0 Å². The third-order valence-electron chi connectivity index (χ3n) is 6.77. The minimum atomic E-state index is -4.20. The number of rotatable bonds is 12. The van der Waals surface area contributed by atoms with E-state index in [0.29, 0.717) is 22.6 Å². The van der Waals surface area contributed by atoms with Crippen LogP contribution in [0.2, 0.25) is 5.02 Å². The average Bonchev–Trinajstić information content (AvgIpc) is 2.94. The summed E-state index contributed by atoms with van der Waals surface area (Å²) in [7, 11) is -4.20. The lowest BCUT2D eigenvalue weighted by Gasteiger charge is -2.34. The molecule has 3 rings (SSSR count). The molecule has 2 amide bonds. The predicted molar refractivity (Wildman–Crippen MR) is 156 cm³/mol. The summed E-state index contributed by atoms with van der Waals surface area (Å²) in [6.45, 7) is 6.68. The molecule has 1 N–H and O–H groups in total. The van der Waals surface area contributed by atoms with Crippen molar-refractivity contribution in [3.63, 3.8) is 0 Å².